The maximum atomic E-state index is 12.6. The van der Waals surface area contributed by atoms with Gasteiger partial charge in [0.2, 0.25) is 10.0 Å². The summed E-state index contributed by atoms with van der Waals surface area (Å²) < 4.78 is 28.1. The van der Waals surface area contributed by atoms with Crippen LogP contribution in [-0.2, 0) is 10.0 Å². The highest BCUT2D eigenvalue weighted by Crippen LogP contribution is 2.32. The molecule has 0 heterocycles. The van der Waals surface area contributed by atoms with Gasteiger partial charge < -0.3 is 5.32 Å². The average molecular weight is 296 g/mol. The molecule has 112 valence electrons. The summed E-state index contributed by atoms with van der Waals surface area (Å²) in [7, 11) is -3.47. The molecule has 0 saturated heterocycles. The van der Waals surface area contributed by atoms with Crippen LogP contribution in [-0.4, -0.2) is 21.0 Å². The molecule has 1 fully saturated rings. The number of rotatable bonds is 5. The summed E-state index contributed by atoms with van der Waals surface area (Å²) in [4.78, 5) is 0.341. The van der Waals surface area contributed by atoms with Crippen LogP contribution in [0.5, 0.6) is 0 Å². The second-order valence-corrected chi connectivity index (χ2v) is 7.35. The van der Waals surface area contributed by atoms with Crippen LogP contribution in [0.1, 0.15) is 33.6 Å². The van der Waals surface area contributed by atoms with Gasteiger partial charge in [0.05, 0.1) is 5.69 Å². The van der Waals surface area contributed by atoms with Crippen LogP contribution in [0, 0.1) is 11.8 Å². The van der Waals surface area contributed by atoms with E-state index < -0.39 is 10.0 Å². The standard InChI is InChI=1S/C15H24N2O2S/c1-4-16-14-7-5-6-8-15(14)20(18,19)17-13-10-9-11(2)12(13)3/h5-8,11-13,16-17H,4,9-10H2,1-3H3. The third kappa shape index (κ3) is 3.15. The van der Waals surface area contributed by atoms with Gasteiger partial charge in [-0.2, -0.15) is 0 Å². The van der Waals surface area contributed by atoms with Crippen LogP contribution < -0.4 is 10.0 Å². The molecule has 20 heavy (non-hydrogen) atoms. The number of nitrogens with one attached hydrogen (secondary N) is 2. The van der Waals surface area contributed by atoms with E-state index in [0.717, 1.165) is 12.8 Å². The average Bonchev–Trinajstić information content (AvgIpc) is 2.71. The van der Waals surface area contributed by atoms with Crippen LogP contribution in [0.3, 0.4) is 0 Å². The highest BCUT2D eigenvalue weighted by molar-refractivity contribution is 7.89. The van der Waals surface area contributed by atoms with E-state index in [1.54, 1.807) is 18.2 Å². The van der Waals surface area contributed by atoms with Gasteiger partial charge in [-0.1, -0.05) is 26.0 Å². The first-order valence-electron chi connectivity index (χ1n) is 7.31. The number of para-hydroxylation sites is 1. The number of sulfonamides is 1. The van der Waals surface area contributed by atoms with Gasteiger partial charge in [0.25, 0.3) is 0 Å². The van der Waals surface area contributed by atoms with Crippen LogP contribution in [0.2, 0.25) is 0 Å². The van der Waals surface area contributed by atoms with Gasteiger partial charge in [0.15, 0.2) is 0 Å². The third-order valence-electron chi connectivity index (χ3n) is 4.32. The molecular weight excluding hydrogens is 272 g/mol. The van der Waals surface area contributed by atoms with Crippen molar-refractivity contribution in [3.63, 3.8) is 0 Å². The van der Waals surface area contributed by atoms with Crippen LogP contribution >= 0.6 is 0 Å². The molecule has 0 spiro atoms. The number of anilines is 1. The summed E-state index contributed by atoms with van der Waals surface area (Å²) in [5, 5.41) is 3.11. The van der Waals surface area contributed by atoms with Crippen molar-refractivity contribution in [2.75, 3.05) is 11.9 Å². The minimum absolute atomic E-state index is 0.0460. The van der Waals surface area contributed by atoms with Gasteiger partial charge in [-0.3, -0.25) is 0 Å². The van der Waals surface area contributed by atoms with Crippen molar-refractivity contribution < 1.29 is 8.42 Å². The molecule has 1 aliphatic rings. The summed E-state index contributed by atoms with van der Waals surface area (Å²) >= 11 is 0. The van der Waals surface area contributed by atoms with E-state index >= 15 is 0 Å². The lowest BCUT2D eigenvalue weighted by Gasteiger charge is -2.20. The fourth-order valence-electron chi connectivity index (χ4n) is 2.83. The Balaban J connectivity index is 2.23. The molecule has 1 saturated carbocycles. The lowest BCUT2D eigenvalue weighted by molar-refractivity contribution is 0.402. The Bertz CT molecular complexity index is 557. The molecule has 5 heteroatoms. The minimum Gasteiger partial charge on any atom is -0.384 e. The van der Waals surface area contributed by atoms with E-state index in [1.165, 1.54) is 0 Å². The predicted molar refractivity (Wildman–Crippen MR) is 82.3 cm³/mol. The van der Waals surface area contributed by atoms with Crippen molar-refractivity contribution in [2.45, 2.75) is 44.6 Å². The molecule has 2 rings (SSSR count). The quantitative estimate of drug-likeness (QED) is 0.878. The van der Waals surface area contributed by atoms with Gasteiger partial charge in [0, 0.05) is 12.6 Å². The van der Waals surface area contributed by atoms with E-state index in [9.17, 15) is 8.42 Å². The van der Waals surface area contributed by atoms with E-state index in [1.807, 2.05) is 13.0 Å². The van der Waals surface area contributed by atoms with Gasteiger partial charge in [-0.05, 0) is 43.7 Å². The van der Waals surface area contributed by atoms with Crippen molar-refractivity contribution >= 4 is 15.7 Å². The van der Waals surface area contributed by atoms with Gasteiger partial charge >= 0.3 is 0 Å². The van der Waals surface area contributed by atoms with Crippen molar-refractivity contribution in [3.05, 3.63) is 24.3 Å². The molecule has 0 amide bonds. The Morgan fingerprint density at radius 2 is 1.90 bits per heavy atom. The van der Waals surface area contributed by atoms with Crippen LogP contribution in [0.15, 0.2) is 29.2 Å². The maximum Gasteiger partial charge on any atom is 0.242 e. The Labute approximate surface area is 122 Å². The number of hydrogen-bond acceptors (Lipinski definition) is 3. The van der Waals surface area contributed by atoms with Crippen LogP contribution in [0.4, 0.5) is 5.69 Å². The minimum atomic E-state index is -3.47. The summed E-state index contributed by atoms with van der Waals surface area (Å²) in [6, 6.07) is 7.11. The Kier molecular flexibility index (Phi) is 4.70. The molecule has 1 aromatic carbocycles. The molecule has 1 aliphatic carbocycles. The van der Waals surface area contributed by atoms with Crippen molar-refractivity contribution in [1.82, 2.24) is 4.72 Å². The van der Waals surface area contributed by atoms with Crippen molar-refractivity contribution in [3.8, 4) is 0 Å². The van der Waals surface area contributed by atoms with E-state index in [-0.39, 0.29) is 6.04 Å². The molecule has 0 radical (unpaired) electrons. The number of hydrogen-bond donors (Lipinski definition) is 2. The second kappa shape index (κ2) is 6.14. The molecule has 3 atom stereocenters. The van der Waals surface area contributed by atoms with Crippen molar-refractivity contribution in [1.29, 1.82) is 0 Å². The van der Waals surface area contributed by atoms with Crippen molar-refractivity contribution in [2.24, 2.45) is 11.8 Å². The number of benzene rings is 1. The molecule has 1 aromatic rings. The topological polar surface area (TPSA) is 58.2 Å². The molecule has 3 unspecified atom stereocenters. The zero-order chi connectivity index (χ0) is 14.8. The summed E-state index contributed by atoms with van der Waals surface area (Å²) in [5.41, 5.74) is 0.668. The first-order chi connectivity index (χ1) is 9.45. The van der Waals surface area contributed by atoms with E-state index in [4.69, 9.17) is 0 Å². The second-order valence-electron chi connectivity index (χ2n) is 5.67. The van der Waals surface area contributed by atoms with Gasteiger partial charge in [0.1, 0.15) is 4.90 Å². The zero-order valence-corrected chi connectivity index (χ0v) is 13.2. The summed E-state index contributed by atoms with van der Waals surface area (Å²) in [6.45, 7) is 6.97. The highest BCUT2D eigenvalue weighted by atomic mass is 32.2. The lowest BCUT2D eigenvalue weighted by Crippen LogP contribution is -2.37. The van der Waals surface area contributed by atoms with Crippen LogP contribution in [0.25, 0.3) is 0 Å². The first-order valence-corrected chi connectivity index (χ1v) is 8.79. The van der Waals surface area contributed by atoms with E-state index in [2.05, 4.69) is 23.9 Å². The van der Waals surface area contributed by atoms with Gasteiger partial charge in [-0.15, -0.1) is 0 Å². The molecule has 4 nitrogen and oxygen atoms in total. The highest BCUT2D eigenvalue weighted by Gasteiger charge is 2.33. The predicted octanol–water partition coefficient (Wildman–Crippen LogP) is 2.83. The molecular formula is C15H24N2O2S. The largest absolute Gasteiger partial charge is 0.384 e. The Hall–Kier alpha value is -1.07. The first kappa shape index (κ1) is 15.3. The zero-order valence-electron chi connectivity index (χ0n) is 12.4. The summed E-state index contributed by atoms with van der Waals surface area (Å²) in [5.74, 6) is 0.961. The normalized spacial score (nSPS) is 26.6. The maximum absolute atomic E-state index is 12.6. The SMILES string of the molecule is CCNc1ccccc1S(=O)(=O)NC1CCC(C)C1C. The monoisotopic (exact) mass is 296 g/mol. The third-order valence-corrected chi connectivity index (χ3v) is 5.86. The Morgan fingerprint density at radius 1 is 1.20 bits per heavy atom. The fraction of sp³-hybridized carbons (Fsp3) is 0.600. The summed E-state index contributed by atoms with van der Waals surface area (Å²) in [6.07, 6.45) is 2.01. The molecule has 0 aromatic heterocycles. The smallest absolute Gasteiger partial charge is 0.242 e. The van der Waals surface area contributed by atoms with Gasteiger partial charge in [-0.25, -0.2) is 13.1 Å². The molecule has 2 N–H and O–H groups in total. The fourth-order valence-corrected chi connectivity index (χ4v) is 4.38. The molecule has 0 bridgehead atoms. The Morgan fingerprint density at radius 3 is 2.50 bits per heavy atom. The van der Waals surface area contributed by atoms with E-state index in [0.29, 0.717) is 29.0 Å². The molecule has 0 aliphatic heterocycles. The lowest BCUT2D eigenvalue weighted by atomic mass is 9.98.